The van der Waals surface area contributed by atoms with E-state index in [-0.39, 0.29) is 5.91 Å². The van der Waals surface area contributed by atoms with Crippen molar-refractivity contribution in [2.24, 2.45) is 0 Å². The third kappa shape index (κ3) is 3.01. The molecule has 0 spiro atoms. The van der Waals surface area contributed by atoms with Crippen LogP contribution >= 0.6 is 0 Å². The second-order valence-electron chi connectivity index (χ2n) is 5.02. The zero-order chi connectivity index (χ0) is 14.7. The molecule has 0 aliphatic carbocycles. The number of aryl methyl sites for hydroxylation is 1. The molecule has 1 aliphatic heterocycles. The van der Waals surface area contributed by atoms with Crippen LogP contribution in [0.4, 0.5) is 5.95 Å². The number of carbonyl (C=O) groups is 1. The summed E-state index contributed by atoms with van der Waals surface area (Å²) in [4.78, 5) is 22.9. The molecule has 3 rings (SSSR count). The van der Waals surface area contributed by atoms with Crippen molar-refractivity contribution in [1.29, 1.82) is 0 Å². The molecule has 2 aromatic heterocycles. The van der Waals surface area contributed by atoms with Gasteiger partial charge in [-0.1, -0.05) is 5.16 Å². The average Bonchev–Trinajstić information content (AvgIpc) is 3.16. The molecule has 1 amide bonds. The number of anilines is 1. The first-order chi connectivity index (χ1) is 10.2. The lowest BCUT2D eigenvalue weighted by molar-refractivity contribution is 0.0949. The van der Waals surface area contributed by atoms with E-state index in [1.165, 1.54) is 19.0 Å². The third-order valence-electron chi connectivity index (χ3n) is 3.51. The van der Waals surface area contributed by atoms with Crippen molar-refractivity contribution in [3.05, 3.63) is 35.5 Å². The summed E-state index contributed by atoms with van der Waals surface area (Å²) in [5, 5.41) is 6.41. The molecule has 1 saturated heterocycles. The molecular weight excluding hydrogens is 270 g/mol. The van der Waals surface area contributed by atoms with Gasteiger partial charge in [0.2, 0.25) is 5.95 Å². The molecule has 21 heavy (non-hydrogen) atoms. The van der Waals surface area contributed by atoms with Crippen LogP contribution in [-0.2, 0) is 6.54 Å². The Morgan fingerprint density at radius 2 is 2.24 bits per heavy atom. The summed E-state index contributed by atoms with van der Waals surface area (Å²) in [6.45, 7) is 4.05. The normalized spacial score (nSPS) is 14.4. The molecule has 2 aromatic rings. The molecule has 110 valence electrons. The lowest BCUT2D eigenvalue weighted by atomic mass is 10.2. The minimum atomic E-state index is -0.213. The maximum Gasteiger partial charge on any atom is 0.256 e. The van der Waals surface area contributed by atoms with Gasteiger partial charge < -0.3 is 14.7 Å². The van der Waals surface area contributed by atoms with Crippen molar-refractivity contribution in [2.45, 2.75) is 26.3 Å². The molecule has 0 radical (unpaired) electrons. The number of hydrogen-bond acceptors (Lipinski definition) is 6. The van der Waals surface area contributed by atoms with Crippen molar-refractivity contribution < 1.29 is 9.32 Å². The second-order valence-corrected chi connectivity index (χ2v) is 5.02. The SMILES string of the molecule is Cc1oncc1C(=O)NCc1ccnc(N2CCCC2)n1. The fraction of sp³-hybridized carbons (Fsp3) is 0.429. The molecule has 1 N–H and O–H groups in total. The van der Waals surface area contributed by atoms with Crippen LogP contribution in [0.5, 0.6) is 0 Å². The smallest absolute Gasteiger partial charge is 0.256 e. The summed E-state index contributed by atoms with van der Waals surface area (Å²) in [6.07, 6.45) is 5.50. The zero-order valence-corrected chi connectivity index (χ0v) is 11.9. The fourth-order valence-corrected chi connectivity index (χ4v) is 2.34. The maximum atomic E-state index is 12.0. The van der Waals surface area contributed by atoms with Crippen LogP contribution in [0, 0.1) is 6.92 Å². The molecule has 1 fully saturated rings. The summed E-state index contributed by atoms with van der Waals surface area (Å²) in [5.74, 6) is 1.03. The summed E-state index contributed by atoms with van der Waals surface area (Å²) >= 11 is 0. The molecule has 0 saturated carbocycles. The number of nitrogens with zero attached hydrogens (tertiary/aromatic N) is 4. The topological polar surface area (TPSA) is 84.2 Å². The number of amides is 1. The third-order valence-corrected chi connectivity index (χ3v) is 3.51. The van der Waals surface area contributed by atoms with Crippen LogP contribution in [0.15, 0.2) is 23.0 Å². The Balaban J connectivity index is 1.64. The zero-order valence-electron chi connectivity index (χ0n) is 11.9. The Bertz CT molecular complexity index is 634. The van der Waals surface area contributed by atoms with E-state index in [1.807, 2.05) is 0 Å². The van der Waals surface area contributed by atoms with Gasteiger partial charge in [-0.3, -0.25) is 4.79 Å². The second kappa shape index (κ2) is 5.90. The number of nitrogens with one attached hydrogen (secondary N) is 1. The standard InChI is InChI=1S/C14H17N5O2/c1-10-12(9-17-21-10)13(20)16-8-11-4-5-15-14(18-11)19-6-2-3-7-19/h4-5,9H,2-3,6-8H2,1H3,(H,16,20). The molecule has 0 unspecified atom stereocenters. The minimum Gasteiger partial charge on any atom is -0.361 e. The number of carbonyl (C=O) groups excluding carboxylic acids is 1. The molecule has 0 bridgehead atoms. The van der Waals surface area contributed by atoms with Gasteiger partial charge in [0.05, 0.1) is 18.4 Å². The molecular formula is C14H17N5O2. The Kier molecular flexibility index (Phi) is 3.81. The Labute approximate surface area is 122 Å². The van der Waals surface area contributed by atoms with E-state index in [1.54, 1.807) is 19.2 Å². The van der Waals surface area contributed by atoms with Gasteiger partial charge in [0.25, 0.3) is 5.91 Å². The Hall–Kier alpha value is -2.44. The summed E-state index contributed by atoms with van der Waals surface area (Å²) < 4.78 is 4.88. The molecule has 3 heterocycles. The Morgan fingerprint density at radius 1 is 1.43 bits per heavy atom. The molecule has 0 aromatic carbocycles. The van der Waals surface area contributed by atoms with E-state index in [0.29, 0.717) is 17.9 Å². The van der Waals surface area contributed by atoms with Gasteiger partial charge in [-0.15, -0.1) is 0 Å². The van der Waals surface area contributed by atoms with Crippen LogP contribution in [0.25, 0.3) is 0 Å². The lowest BCUT2D eigenvalue weighted by Crippen LogP contribution is -2.25. The number of rotatable bonds is 4. The number of hydrogen-bond donors (Lipinski definition) is 1. The van der Waals surface area contributed by atoms with Crippen molar-refractivity contribution >= 4 is 11.9 Å². The van der Waals surface area contributed by atoms with Crippen LogP contribution in [0.1, 0.15) is 34.7 Å². The summed E-state index contributed by atoms with van der Waals surface area (Å²) in [7, 11) is 0. The molecule has 7 heteroatoms. The van der Waals surface area contributed by atoms with Gasteiger partial charge in [-0.25, -0.2) is 9.97 Å². The first-order valence-electron chi connectivity index (χ1n) is 7.00. The summed E-state index contributed by atoms with van der Waals surface area (Å²) in [6, 6.07) is 1.81. The predicted octanol–water partition coefficient (Wildman–Crippen LogP) is 1.30. The van der Waals surface area contributed by atoms with Crippen LogP contribution in [0.2, 0.25) is 0 Å². The fourth-order valence-electron chi connectivity index (χ4n) is 2.34. The van der Waals surface area contributed by atoms with E-state index < -0.39 is 0 Å². The highest BCUT2D eigenvalue weighted by molar-refractivity contribution is 5.94. The van der Waals surface area contributed by atoms with Crippen LogP contribution in [-0.4, -0.2) is 34.1 Å². The highest BCUT2D eigenvalue weighted by atomic mass is 16.5. The van der Waals surface area contributed by atoms with Crippen molar-refractivity contribution in [1.82, 2.24) is 20.4 Å². The van der Waals surface area contributed by atoms with Gasteiger partial charge in [-0.2, -0.15) is 0 Å². The first-order valence-corrected chi connectivity index (χ1v) is 7.00. The Morgan fingerprint density at radius 3 is 2.95 bits per heavy atom. The van der Waals surface area contributed by atoms with E-state index in [0.717, 1.165) is 24.7 Å². The maximum absolute atomic E-state index is 12.0. The highest BCUT2D eigenvalue weighted by Gasteiger charge is 2.16. The predicted molar refractivity (Wildman–Crippen MR) is 75.9 cm³/mol. The highest BCUT2D eigenvalue weighted by Crippen LogP contribution is 2.15. The lowest BCUT2D eigenvalue weighted by Gasteiger charge is -2.15. The van der Waals surface area contributed by atoms with Gasteiger partial charge in [-0.05, 0) is 25.8 Å². The van der Waals surface area contributed by atoms with Crippen molar-refractivity contribution in [3.8, 4) is 0 Å². The quantitative estimate of drug-likeness (QED) is 0.912. The average molecular weight is 287 g/mol. The molecule has 7 nitrogen and oxygen atoms in total. The van der Waals surface area contributed by atoms with Gasteiger partial charge in [0.1, 0.15) is 11.3 Å². The van der Waals surface area contributed by atoms with E-state index in [4.69, 9.17) is 4.52 Å². The first kappa shape index (κ1) is 13.5. The summed E-state index contributed by atoms with van der Waals surface area (Å²) in [5.41, 5.74) is 1.23. The molecule has 0 atom stereocenters. The van der Waals surface area contributed by atoms with Crippen molar-refractivity contribution in [2.75, 3.05) is 18.0 Å². The van der Waals surface area contributed by atoms with E-state index in [2.05, 4.69) is 25.3 Å². The van der Waals surface area contributed by atoms with E-state index >= 15 is 0 Å². The van der Waals surface area contributed by atoms with Gasteiger partial charge in [0.15, 0.2) is 0 Å². The monoisotopic (exact) mass is 287 g/mol. The van der Waals surface area contributed by atoms with Crippen molar-refractivity contribution in [3.63, 3.8) is 0 Å². The number of aromatic nitrogens is 3. The van der Waals surface area contributed by atoms with E-state index in [9.17, 15) is 4.79 Å². The largest absolute Gasteiger partial charge is 0.361 e. The van der Waals surface area contributed by atoms with Gasteiger partial charge in [0, 0.05) is 19.3 Å². The van der Waals surface area contributed by atoms with Crippen LogP contribution < -0.4 is 10.2 Å². The molecule has 1 aliphatic rings. The van der Waals surface area contributed by atoms with Gasteiger partial charge >= 0.3 is 0 Å². The van der Waals surface area contributed by atoms with Crippen LogP contribution in [0.3, 0.4) is 0 Å². The minimum absolute atomic E-state index is 0.213.